The lowest BCUT2D eigenvalue weighted by Crippen LogP contribution is -2.29. The maximum Gasteiger partial charge on any atom is 0.244 e. The molecule has 0 spiro atoms. The Kier molecular flexibility index (Phi) is 5.99. The summed E-state index contributed by atoms with van der Waals surface area (Å²) in [4.78, 5) is 0.321. The minimum Gasteiger partial charge on any atom is -0.383 e. The maximum absolute atomic E-state index is 12.3. The first-order chi connectivity index (χ1) is 8.93. The van der Waals surface area contributed by atoms with Crippen molar-refractivity contribution in [3.63, 3.8) is 0 Å². The van der Waals surface area contributed by atoms with Gasteiger partial charge in [-0.05, 0) is 12.6 Å². The van der Waals surface area contributed by atoms with E-state index in [9.17, 15) is 8.42 Å². The normalized spacial score (nSPS) is 12.3. The molecule has 0 radical (unpaired) electrons. The molecule has 1 rings (SSSR count). The zero-order chi connectivity index (χ0) is 14.5. The van der Waals surface area contributed by atoms with Gasteiger partial charge in [-0.15, -0.1) is 0 Å². The topological polar surface area (TPSA) is 63.6 Å². The minimum absolute atomic E-state index is 0.321. The van der Waals surface area contributed by atoms with Crippen molar-refractivity contribution in [3.05, 3.63) is 18.0 Å². The van der Waals surface area contributed by atoms with Gasteiger partial charge >= 0.3 is 0 Å². The van der Waals surface area contributed by atoms with Crippen LogP contribution in [0.4, 0.5) is 0 Å². The van der Waals surface area contributed by atoms with Gasteiger partial charge in [0.25, 0.3) is 0 Å². The average Bonchev–Trinajstić information content (AvgIpc) is 2.75. The van der Waals surface area contributed by atoms with Crippen molar-refractivity contribution in [1.29, 1.82) is 0 Å². The summed E-state index contributed by atoms with van der Waals surface area (Å²) in [6.07, 6.45) is 1.64. The molecular formula is C12H23N3O3S. The van der Waals surface area contributed by atoms with Crippen LogP contribution < -0.4 is 5.32 Å². The van der Waals surface area contributed by atoms with Crippen molar-refractivity contribution in [1.82, 2.24) is 14.2 Å². The second-order valence-electron chi connectivity index (χ2n) is 4.38. The molecule has 6 nitrogen and oxygen atoms in total. The van der Waals surface area contributed by atoms with E-state index in [0.717, 1.165) is 12.2 Å². The number of aryl methyl sites for hydroxylation is 1. The molecule has 0 bridgehead atoms. The predicted molar refractivity (Wildman–Crippen MR) is 74.5 cm³/mol. The van der Waals surface area contributed by atoms with Gasteiger partial charge in [-0.2, -0.15) is 4.31 Å². The highest BCUT2D eigenvalue weighted by atomic mass is 32.2. The molecule has 0 saturated carbocycles. The molecule has 0 aliphatic rings. The molecule has 0 aliphatic heterocycles. The van der Waals surface area contributed by atoms with Gasteiger partial charge in [0.1, 0.15) is 4.90 Å². The predicted octanol–water partition coefficient (Wildman–Crippen LogP) is 0.402. The third-order valence-electron chi connectivity index (χ3n) is 2.96. The molecule has 1 N–H and O–H groups in total. The first kappa shape index (κ1) is 16.2. The molecule has 0 aromatic carbocycles. The fourth-order valence-corrected chi connectivity index (χ4v) is 2.92. The van der Waals surface area contributed by atoms with E-state index in [1.54, 1.807) is 26.4 Å². The van der Waals surface area contributed by atoms with Gasteiger partial charge in [0.05, 0.1) is 6.61 Å². The Labute approximate surface area is 115 Å². The Morgan fingerprint density at radius 1 is 1.47 bits per heavy atom. The van der Waals surface area contributed by atoms with E-state index >= 15 is 0 Å². The number of ether oxygens (including phenoxy) is 1. The van der Waals surface area contributed by atoms with Gasteiger partial charge in [0.15, 0.2) is 0 Å². The molecule has 19 heavy (non-hydrogen) atoms. The number of likely N-dealkylation sites (N-methyl/N-ethyl adjacent to an activating group) is 1. The molecule has 1 aromatic rings. The number of methoxy groups -OCH3 is 1. The number of sulfonamides is 1. The second kappa shape index (κ2) is 7.04. The molecule has 0 saturated heterocycles. The van der Waals surface area contributed by atoms with Crippen LogP contribution in [0.5, 0.6) is 0 Å². The molecule has 0 atom stereocenters. The van der Waals surface area contributed by atoms with Crippen molar-refractivity contribution in [2.45, 2.75) is 18.4 Å². The van der Waals surface area contributed by atoms with Crippen molar-refractivity contribution >= 4 is 10.0 Å². The summed E-state index contributed by atoms with van der Waals surface area (Å²) in [6.45, 7) is 4.24. The van der Waals surface area contributed by atoms with Gasteiger partial charge in [-0.3, -0.25) is 0 Å². The van der Waals surface area contributed by atoms with Crippen LogP contribution in [0.25, 0.3) is 0 Å². The van der Waals surface area contributed by atoms with Gasteiger partial charge < -0.3 is 14.6 Å². The summed E-state index contributed by atoms with van der Waals surface area (Å²) in [7, 11) is 1.53. The van der Waals surface area contributed by atoms with Crippen LogP contribution in [-0.2, 0) is 28.4 Å². The van der Waals surface area contributed by atoms with Gasteiger partial charge in [-0.25, -0.2) is 8.42 Å². The Balaban J connectivity index is 2.89. The monoisotopic (exact) mass is 289 g/mol. The van der Waals surface area contributed by atoms with Crippen molar-refractivity contribution in [2.75, 3.05) is 33.9 Å². The summed E-state index contributed by atoms with van der Waals surface area (Å²) in [6, 6.07) is 1.71. The smallest absolute Gasteiger partial charge is 0.244 e. The highest BCUT2D eigenvalue weighted by Crippen LogP contribution is 2.17. The number of hydrogen-bond acceptors (Lipinski definition) is 4. The first-order valence-electron chi connectivity index (χ1n) is 6.24. The fraction of sp³-hybridized carbons (Fsp3) is 0.667. The molecule has 0 aliphatic carbocycles. The van der Waals surface area contributed by atoms with Gasteiger partial charge in [-0.1, -0.05) is 6.92 Å². The van der Waals surface area contributed by atoms with E-state index in [2.05, 4.69) is 5.32 Å². The third-order valence-corrected chi connectivity index (χ3v) is 4.78. The van der Waals surface area contributed by atoms with E-state index in [1.165, 1.54) is 4.31 Å². The number of aromatic nitrogens is 1. The van der Waals surface area contributed by atoms with Crippen molar-refractivity contribution < 1.29 is 13.2 Å². The summed E-state index contributed by atoms with van der Waals surface area (Å²) < 4.78 is 32.7. The van der Waals surface area contributed by atoms with Crippen LogP contribution in [-0.4, -0.2) is 51.1 Å². The maximum atomic E-state index is 12.3. The van der Waals surface area contributed by atoms with E-state index in [1.807, 2.05) is 18.5 Å². The van der Waals surface area contributed by atoms with Gasteiger partial charge in [0, 0.05) is 46.2 Å². The van der Waals surface area contributed by atoms with Crippen LogP contribution in [0, 0.1) is 0 Å². The number of hydrogen-bond donors (Lipinski definition) is 1. The summed E-state index contributed by atoms with van der Waals surface area (Å²) in [5, 5.41) is 3.18. The summed E-state index contributed by atoms with van der Waals surface area (Å²) in [5.41, 5.74) is 0.945. The van der Waals surface area contributed by atoms with Crippen LogP contribution in [0.1, 0.15) is 12.6 Å². The molecule has 7 heteroatoms. The molecule has 1 aromatic heterocycles. The van der Waals surface area contributed by atoms with Crippen molar-refractivity contribution in [2.24, 2.45) is 7.05 Å². The first-order valence-corrected chi connectivity index (χ1v) is 7.68. The average molecular weight is 289 g/mol. The van der Waals surface area contributed by atoms with E-state index < -0.39 is 10.0 Å². The van der Waals surface area contributed by atoms with E-state index in [-0.39, 0.29) is 0 Å². The molecule has 0 fully saturated rings. The quantitative estimate of drug-likeness (QED) is 0.752. The summed E-state index contributed by atoms with van der Waals surface area (Å²) in [5.74, 6) is 0. The van der Waals surface area contributed by atoms with E-state index in [0.29, 0.717) is 24.6 Å². The Bertz CT molecular complexity index is 496. The Morgan fingerprint density at radius 3 is 2.74 bits per heavy atom. The number of nitrogens with zero attached hydrogens (tertiary/aromatic N) is 2. The van der Waals surface area contributed by atoms with Gasteiger partial charge in [0.2, 0.25) is 10.0 Å². The molecular weight excluding hydrogens is 266 g/mol. The van der Waals surface area contributed by atoms with Crippen LogP contribution in [0.15, 0.2) is 17.2 Å². The SMILES string of the molecule is CCNCc1cc(S(=O)(=O)N(C)CCOC)cn1C. The minimum atomic E-state index is -3.43. The lowest BCUT2D eigenvalue weighted by Gasteiger charge is -2.15. The van der Waals surface area contributed by atoms with E-state index in [4.69, 9.17) is 4.74 Å². The molecule has 1 heterocycles. The highest BCUT2D eigenvalue weighted by molar-refractivity contribution is 7.89. The fourth-order valence-electron chi connectivity index (χ4n) is 1.67. The molecule has 0 amide bonds. The summed E-state index contributed by atoms with van der Waals surface area (Å²) >= 11 is 0. The third kappa shape index (κ3) is 4.04. The molecule has 0 unspecified atom stereocenters. The highest BCUT2D eigenvalue weighted by Gasteiger charge is 2.22. The van der Waals surface area contributed by atoms with Crippen LogP contribution in [0.3, 0.4) is 0 Å². The zero-order valence-corrected chi connectivity index (χ0v) is 12.8. The largest absolute Gasteiger partial charge is 0.383 e. The second-order valence-corrected chi connectivity index (χ2v) is 6.42. The molecule has 110 valence electrons. The Morgan fingerprint density at radius 2 is 2.16 bits per heavy atom. The van der Waals surface area contributed by atoms with Crippen LogP contribution in [0.2, 0.25) is 0 Å². The Hall–Kier alpha value is -0.890. The van der Waals surface area contributed by atoms with Crippen LogP contribution >= 0.6 is 0 Å². The number of rotatable bonds is 8. The van der Waals surface area contributed by atoms with Crippen molar-refractivity contribution in [3.8, 4) is 0 Å². The lowest BCUT2D eigenvalue weighted by molar-refractivity contribution is 0.185. The zero-order valence-electron chi connectivity index (χ0n) is 12.0. The number of nitrogens with one attached hydrogen (secondary N) is 1. The lowest BCUT2D eigenvalue weighted by atomic mass is 10.4. The standard InChI is InChI=1S/C12H23N3O3S/c1-5-13-9-11-8-12(10-14(11)2)19(16,17)15(3)6-7-18-4/h8,10,13H,5-7,9H2,1-4H3.